The lowest BCUT2D eigenvalue weighted by atomic mass is 9.94. The van der Waals surface area contributed by atoms with E-state index >= 15 is 0 Å². The van der Waals surface area contributed by atoms with E-state index < -0.39 is 17.4 Å². The molecule has 1 rings (SSSR count). The Morgan fingerprint density at radius 1 is 1.64 bits per heavy atom. The van der Waals surface area contributed by atoms with Crippen molar-refractivity contribution in [1.29, 1.82) is 0 Å². The summed E-state index contributed by atoms with van der Waals surface area (Å²) in [5, 5.41) is 13.9. The first kappa shape index (κ1) is 13.5. The van der Waals surface area contributed by atoms with Crippen LogP contribution in [0.4, 0.5) is 8.78 Å². The molecule has 0 aromatic carbocycles. The van der Waals surface area contributed by atoms with Crippen molar-refractivity contribution >= 4 is 18.3 Å². The Bertz CT molecular complexity index is 220. The average Bonchev–Trinajstić information content (AvgIpc) is 2.52. The van der Waals surface area contributed by atoms with Gasteiger partial charge in [-0.05, 0) is 13.0 Å². The molecular weight excluding hydrogens is 218 g/mol. The second-order valence-electron chi connectivity index (χ2n) is 3.11. The summed E-state index contributed by atoms with van der Waals surface area (Å²) in [6.45, 7) is 0.0382. The summed E-state index contributed by atoms with van der Waals surface area (Å²) >= 11 is 0. The van der Waals surface area contributed by atoms with Crippen molar-refractivity contribution in [2.24, 2.45) is 0 Å². The number of nitrogens with one attached hydrogen (secondary N) is 2. The van der Waals surface area contributed by atoms with E-state index in [2.05, 4.69) is 5.32 Å². The fraction of sp³-hybridized carbons (Fsp3) is 0.857. The highest BCUT2D eigenvalue weighted by Gasteiger charge is 2.59. The second kappa shape index (κ2) is 4.37. The van der Waals surface area contributed by atoms with E-state index in [1.54, 1.807) is 0 Å². The van der Waals surface area contributed by atoms with Crippen molar-refractivity contribution in [1.82, 2.24) is 10.6 Å². The van der Waals surface area contributed by atoms with E-state index in [0.717, 1.165) is 7.05 Å². The molecule has 0 aromatic heterocycles. The Morgan fingerprint density at radius 2 is 2.21 bits per heavy atom. The van der Waals surface area contributed by atoms with Gasteiger partial charge in [0.1, 0.15) is 0 Å². The van der Waals surface area contributed by atoms with Gasteiger partial charge in [-0.2, -0.15) is 8.78 Å². The van der Waals surface area contributed by atoms with Crippen LogP contribution in [-0.2, 0) is 4.79 Å². The number of alkyl halides is 2. The molecule has 3 N–H and O–H groups in total. The third-order valence-corrected chi connectivity index (χ3v) is 2.23. The quantitative estimate of drug-likeness (QED) is 0.600. The van der Waals surface area contributed by atoms with Gasteiger partial charge >= 0.3 is 5.92 Å². The molecule has 0 spiro atoms. The molecule has 1 saturated heterocycles. The third kappa shape index (κ3) is 1.97. The van der Waals surface area contributed by atoms with Crippen molar-refractivity contribution in [2.75, 3.05) is 20.1 Å². The van der Waals surface area contributed by atoms with E-state index in [0.29, 0.717) is 6.54 Å². The third-order valence-electron chi connectivity index (χ3n) is 2.23. The average molecular weight is 231 g/mol. The number of amides is 1. The standard InChI is InChI=1S/C7H12F2N2O2.ClH/c1-10-5(12)7(8,9)6(13)2-3-11-4-6;/h11,13H,2-4H2,1H3,(H,10,12);1H. The van der Waals surface area contributed by atoms with E-state index in [1.807, 2.05) is 5.32 Å². The molecule has 1 unspecified atom stereocenters. The van der Waals surface area contributed by atoms with Gasteiger partial charge in [0.05, 0.1) is 0 Å². The van der Waals surface area contributed by atoms with Crippen LogP contribution in [0.1, 0.15) is 6.42 Å². The van der Waals surface area contributed by atoms with Crippen molar-refractivity contribution < 1.29 is 18.7 Å². The summed E-state index contributed by atoms with van der Waals surface area (Å²) in [6.07, 6.45) is -0.118. The Morgan fingerprint density at radius 3 is 2.57 bits per heavy atom. The zero-order valence-electron chi connectivity index (χ0n) is 7.64. The number of hydrogen-bond acceptors (Lipinski definition) is 3. The molecule has 4 nitrogen and oxygen atoms in total. The molecule has 0 aromatic rings. The predicted octanol–water partition coefficient (Wildman–Crippen LogP) is -0.486. The molecule has 84 valence electrons. The fourth-order valence-corrected chi connectivity index (χ4v) is 1.32. The molecule has 0 aliphatic carbocycles. The topological polar surface area (TPSA) is 61.4 Å². The van der Waals surface area contributed by atoms with Gasteiger partial charge in [0, 0.05) is 13.6 Å². The van der Waals surface area contributed by atoms with Gasteiger partial charge < -0.3 is 15.7 Å². The van der Waals surface area contributed by atoms with Crippen molar-refractivity contribution in [2.45, 2.75) is 17.9 Å². The largest absolute Gasteiger partial charge is 0.382 e. The number of carbonyl (C=O) groups is 1. The summed E-state index contributed by atoms with van der Waals surface area (Å²) < 4.78 is 26.4. The second-order valence-corrected chi connectivity index (χ2v) is 3.11. The predicted molar refractivity (Wildman–Crippen MR) is 48.7 cm³/mol. The highest BCUT2D eigenvalue weighted by atomic mass is 35.5. The van der Waals surface area contributed by atoms with Crippen LogP contribution in [0, 0.1) is 0 Å². The van der Waals surface area contributed by atoms with Crippen LogP contribution >= 0.6 is 12.4 Å². The highest BCUT2D eigenvalue weighted by Crippen LogP contribution is 2.33. The zero-order chi connectivity index (χ0) is 10.1. The zero-order valence-corrected chi connectivity index (χ0v) is 8.46. The van der Waals surface area contributed by atoms with Crippen molar-refractivity contribution in [3.63, 3.8) is 0 Å². The van der Waals surface area contributed by atoms with Gasteiger partial charge in [-0.25, -0.2) is 0 Å². The van der Waals surface area contributed by atoms with Crippen LogP contribution in [0.2, 0.25) is 0 Å². The molecule has 0 bridgehead atoms. The van der Waals surface area contributed by atoms with Crippen molar-refractivity contribution in [3.05, 3.63) is 0 Å². The summed E-state index contributed by atoms with van der Waals surface area (Å²) in [4.78, 5) is 10.8. The summed E-state index contributed by atoms with van der Waals surface area (Å²) in [5.74, 6) is -5.18. The maximum Gasteiger partial charge on any atom is 0.353 e. The van der Waals surface area contributed by atoms with Gasteiger partial charge in [-0.1, -0.05) is 0 Å². The molecule has 1 fully saturated rings. The fourth-order valence-electron chi connectivity index (χ4n) is 1.32. The van der Waals surface area contributed by atoms with Crippen LogP contribution in [0.25, 0.3) is 0 Å². The summed E-state index contributed by atoms with van der Waals surface area (Å²) in [7, 11) is 1.11. The Labute approximate surface area is 86.5 Å². The maximum atomic E-state index is 13.2. The lowest BCUT2D eigenvalue weighted by Gasteiger charge is -2.29. The van der Waals surface area contributed by atoms with Gasteiger partial charge in [0.2, 0.25) is 0 Å². The van der Waals surface area contributed by atoms with Crippen LogP contribution in [0.5, 0.6) is 0 Å². The Kier molecular flexibility index (Phi) is 4.23. The molecule has 0 radical (unpaired) electrons. The van der Waals surface area contributed by atoms with E-state index in [-0.39, 0.29) is 25.4 Å². The van der Waals surface area contributed by atoms with Gasteiger partial charge in [-0.3, -0.25) is 4.79 Å². The molecule has 1 heterocycles. The first-order valence-electron chi connectivity index (χ1n) is 3.97. The molecule has 14 heavy (non-hydrogen) atoms. The number of β-amino-alcohol motifs (C(OH)–C–C–N with tert-alkyl or cyclic N) is 1. The summed E-state index contributed by atoms with van der Waals surface area (Å²) in [6, 6.07) is 0. The molecule has 7 heteroatoms. The first-order valence-corrected chi connectivity index (χ1v) is 3.97. The van der Waals surface area contributed by atoms with E-state index in [4.69, 9.17) is 0 Å². The molecule has 0 saturated carbocycles. The van der Waals surface area contributed by atoms with Gasteiger partial charge in [0.25, 0.3) is 5.91 Å². The number of halogens is 3. The SMILES string of the molecule is CNC(=O)C(F)(F)C1(O)CCNC1.Cl. The molecular formula is C7H13ClF2N2O2. The van der Waals surface area contributed by atoms with E-state index in [9.17, 15) is 18.7 Å². The van der Waals surface area contributed by atoms with Gasteiger partial charge in [-0.15, -0.1) is 12.4 Å². The normalized spacial score (nSPS) is 26.9. The maximum absolute atomic E-state index is 13.2. The minimum atomic E-state index is -3.73. The number of carbonyl (C=O) groups excluding carboxylic acids is 1. The minimum Gasteiger partial charge on any atom is -0.382 e. The van der Waals surface area contributed by atoms with Crippen LogP contribution in [-0.4, -0.2) is 42.7 Å². The lowest BCUT2D eigenvalue weighted by Crippen LogP contribution is -2.57. The Balaban J connectivity index is 0.00000169. The Hall–Kier alpha value is -0.460. The monoisotopic (exact) mass is 230 g/mol. The van der Waals surface area contributed by atoms with Gasteiger partial charge in [0.15, 0.2) is 5.60 Å². The lowest BCUT2D eigenvalue weighted by molar-refractivity contribution is -0.186. The van der Waals surface area contributed by atoms with Crippen LogP contribution in [0.15, 0.2) is 0 Å². The summed E-state index contributed by atoms with van der Waals surface area (Å²) in [5.41, 5.74) is -2.24. The minimum absolute atomic E-state index is 0. The smallest absolute Gasteiger partial charge is 0.353 e. The number of rotatable bonds is 2. The van der Waals surface area contributed by atoms with Crippen LogP contribution in [0.3, 0.4) is 0 Å². The number of hydrogen-bond donors (Lipinski definition) is 3. The first-order chi connectivity index (χ1) is 5.94. The molecule has 1 aliphatic rings. The van der Waals surface area contributed by atoms with Crippen LogP contribution < -0.4 is 10.6 Å². The van der Waals surface area contributed by atoms with E-state index in [1.165, 1.54) is 0 Å². The van der Waals surface area contributed by atoms with Crippen molar-refractivity contribution in [3.8, 4) is 0 Å². The molecule has 1 aliphatic heterocycles. The highest BCUT2D eigenvalue weighted by molar-refractivity contribution is 5.85. The molecule has 1 amide bonds. The molecule has 1 atom stereocenters. The number of aliphatic hydroxyl groups is 1.